The Kier molecular flexibility index (Phi) is 6.65. The molecule has 1 fully saturated rings. The molecule has 0 heterocycles. The van der Waals surface area contributed by atoms with E-state index in [9.17, 15) is 4.79 Å². The van der Waals surface area contributed by atoms with E-state index < -0.39 is 0 Å². The van der Waals surface area contributed by atoms with Gasteiger partial charge < -0.3 is 16.0 Å². The number of nitrogens with two attached hydrogens (primary N) is 1. The number of rotatable bonds is 6. The van der Waals surface area contributed by atoms with Crippen LogP contribution in [0, 0.1) is 11.8 Å². The van der Waals surface area contributed by atoms with E-state index in [1.165, 1.54) is 0 Å². The quantitative estimate of drug-likeness (QED) is 0.701. The van der Waals surface area contributed by atoms with Crippen molar-refractivity contribution in [2.75, 3.05) is 27.2 Å². The summed E-state index contributed by atoms with van der Waals surface area (Å²) in [6.45, 7) is 4.05. The molecule has 1 aliphatic carbocycles. The molecular formula is C14H29N3O. The minimum Gasteiger partial charge on any atom is -0.356 e. The van der Waals surface area contributed by atoms with Gasteiger partial charge in [0.2, 0.25) is 5.91 Å². The number of carbonyl (C=O) groups is 1. The van der Waals surface area contributed by atoms with Crippen molar-refractivity contribution >= 4 is 5.91 Å². The number of carbonyl (C=O) groups excluding carboxylic acids is 1. The van der Waals surface area contributed by atoms with Crippen molar-refractivity contribution in [3.63, 3.8) is 0 Å². The van der Waals surface area contributed by atoms with E-state index in [-0.39, 0.29) is 17.9 Å². The van der Waals surface area contributed by atoms with Gasteiger partial charge in [-0.05, 0) is 58.7 Å². The molecule has 0 aromatic rings. The van der Waals surface area contributed by atoms with Gasteiger partial charge in [0.1, 0.15) is 0 Å². The van der Waals surface area contributed by atoms with E-state index in [0.717, 1.165) is 45.2 Å². The van der Waals surface area contributed by atoms with Crippen LogP contribution in [0.2, 0.25) is 0 Å². The fourth-order valence-corrected chi connectivity index (χ4v) is 2.57. The second kappa shape index (κ2) is 7.74. The zero-order valence-electron chi connectivity index (χ0n) is 12.1. The molecule has 0 bridgehead atoms. The van der Waals surface area contributed by atoms with Crippen LogP contribution in [0.1, 0.15) is 39.0 Å². The Hall–Kier alpha value is -0.610. The molecule has 4 heteroatoms. The van der Waals surface area contributed by atoms with E-state index in [1.807, 2.05) is 0 Å². The number of nitrogens with one attached hydrogen (secondary N) is 1. The maximum absolute atomic E-state index is 12.0. The second-order valence-corrected chi connectivity index (χ2v) is 5.95. The van der Waals surface area contributed by atoms with Gasteiger partial charge in [-0.2, -0.15) is 0 Å². The summed E-state index contributed by atoms with van der Waals surface area (Å²) in [6, 6.07) is 0.286. The smallest absolute Gasteiger partial charge is 0.223 e. The number of hydrogen-bond donors (Lipinski definition) is 2. The third kappa shape index (κ3) is 5.36. The SMILES string of the molecule is CC1CC(C(=O)NCCCCN(C)C)CCC1N. The number of nitrogens with zero attached hydrogens (tertiary/aromatic N) is 1. The molecule has 0 spiro atoms. The molecule has 106 valence electrons. The van der Waals surface area contributed by atoms with Gasteiger partial charge in [-0.1, -0.05) is 6.92 Å². The molecule has 0 saturated heterocycles. The molecule has 0 radical (unpaired) electrons. The third-order valence-electron chi connectivity index (χ3n) is 3.94. The second-order valence-electron chi connectivity index (χ2n) is 5.95. The molecule has 1 aliphatic rings. The topological polar surface area (TPSA) is 58.4 Å². The summed E-state index contributed by atoms with van der Waals surface area (Å²) in [7, 11) is 4.15. The molecule has 1 saturated carbocycles. The van der Waals surface area contributed by atoms with Gasteiger partial charge in [0.25, 0.3) is 0 Å². The van der Waals surface area contributed by atoms with Crippen LogP contribution in [0.25, 0.3) is 0 Å². The van der Waals surface area contributed by atoms with Gasteiger partial charge in [-0.15, -0.1) is 0 Å². The van der Waals surface area contributed by atoms with Crippen LogP contribution in [0.4, 0.5) is 0 Å². The minimum absolute atomic E-state index is 0.189. The monoisotopic (exact) mass is 255 g/mol. The van der Waals surface area contributed by atoms with Crippen molar-refractivity contribution in [2.45, 2.75) is 45.1 Å². The summed E-state index contributed by atoms with van der Waals surface area (Å²) in [4.78, 5) is 14.2. The molecular weight excluding hydrogens is 226 g/mol. The maximum atomic E-state index is 12.0. The Balaban J connectivity index is 2.13. The first-order valence-electron chi connectivity index (χ1n) is 7.18. The van der Waals surface area contributed by atoms with Crippen LogP contribution >= 0.6 is 0 Å². The molecule has 18 heavy (non-hydrogen) atoms. The van der Waals surface area contributed by atoms with Crippen LogP contribution in [0.3, 0.4) is 0 Å². The molecule has 0 aromatic carbocycles. The van der Waals surface area contributed by atoms with E-state index in [1.54, 1.807) is 0 Å². The normalized spacial score (nSPS) is 28.4. The third-order valence-corrected chi connectivity index (χ3v) is 3.94. The van der Waals surface area contributed by atoms with Gasteiger partial charge in [0.05, 0.1) is 0 Å². The lowest BCUT2D eigenvalue weighted by molar-refractivity contribution is -0.126. The van der Waals surface area contributed by atoms with Crippen LogP contribution in [-0.2, 0) is 4.79 Å². The highest BCUT2D eigenvalue weighted by Gasteiger charge is 2.29. The van der Waals surface area contributed by atoms with Crippen molar-refractivity contribution < 1.29 is 4.79 Å². The molecule has 4 nitrogen and oxygen atoms in total. The Morgan fingerprint density at radius 3 is 2.67 bits per heavy atom. The molecule has 3 atom stereocenters. The first-order chi connectivity index (χ1) is 8.50. The summed E-state index contributed by atoms with van der Waals surface area (Å²) >= 11 is 0. The minimum atomic E-state index is 0.189. The van der Waals surface area contributed by atoms with Gasteiger partial charge in [0, 0.05) is 18.5 Å². The highest BCUT2D eigenvalue weighted by Crippen LogP contribution is 2.27. The number of amides is 1. The highest BCUT2D eigenvalue weighted by molar-refractivity contribution is 5.78. The maximum Gasteiger partial charge on any atom is 0.223 e. The van der Waals surface area contributed by atoms with Crippen LogP contribution in [0.15, 0.2) is 0 Å². The van der Waals surface area contributed by atoms with Gasteiger partial charge in [0.15, 0.2) is 0 Å². The Morgan fingerprint density at radius 2 is 2.06 bits per heavy atom. The van der Waals surface area contributed by atoms with E-state index in [4.69, 9.17) is 5.73 Å². The van der Waals surface area contributed by atoms with Crippen molar-refractivity contribution in [1.82, 2.24) is 10.2 Å². The van der Waals surface area contributed by atoms with Crippen molar-refractivity contribution in [2.24, 2.45) is 17.6 Å². The lowest BCUT2D eigenvalue weighted by Crippen LogP contribution is -2.40. The Labute approximate surface area is 111 Å². The zero-order valence-corrected chi connectivity index (χ0v) is 12.1. The summed E-state index contributed by atoms with van der Waals surface area (Å²) < 4.78 is 0. The summed E-state index contributed by atoms with van der Waals surface area (Å²) in [5.41, 5.74) is 5.97. The van der Waals surface area contributed by atoms with E-state index in [2.05, 4.69) is 31.2 Å². The van der Waals surface area contributed by atoms with Crippen LogP contribution < -0.4 is 11.1 Å². The van der Waals surface area contributed by atoms with Gasteiger partial charge >= 0.3 is 0 Å². The molecule has 1 amide bonds. The molecule has 1 rings (SSSR count). The van der Waals surface area contributed by atoms with Crippen LogP contribution in [0.5, 0.6) is 0 Å². The Morgan fingerprint density at radius 1 is 1.33 bits per heavy atom. The van der Waals surface area contributed by atoms with Crippen molar-refractivity contribution in [3.8, 4) is 0 Å². The highest BCUT2D eigenvalue weighted by atomic mass is 16.1. The fourth-order valence-electron chi connectivity index (χ4n) is 2.57. The predicted octanol–water partition coefficient (Wildman–Crippen LogP) is 1.21. The Bertz CT molecular complexity index is 255. The molecule has 0 aliphatic heterocycles. The fraction of sp³-hybridized carbons (Fsp3) is 0.929. The van der Waals surface area contributed by atoms with Crippen molar-refractivity contribution in [1.29, 1.82) is 0 Å². The average molecular weight is 255 g/mol. The summed E-state index contributed by atoms with van der Waals surface area (Å²) in [6.07, 6.45) is 5.09. The largest absolute Gasteiger partial charge is 0.356 e. The first-order valence-corrected chi connectivity index (χ1v) is 7.18. The molecule has 0 aromatic heterocycles. The first kappa shape index (κ1) is 15.4. The van der Waals surface area contributed by atoms with E-state index in [0.29, 0.717) is 5.92 Å². The molecule has 3 unspecified atom stereocenters. The lowest BCUT2D eigenvalue weighted by Gasteiger charge is -2.31. The van der Waals surface area contributed by atoms with Crippen LogP contribution in [-0.4, -0.2) is 44.0 Å². The van der Waals surface area contributed by atoms with E-state index >= 15 is 0 Å². The number of hydrogen-bond acceptors (Lipinski definition) is 3. The summed E-state index contributed by atoms with van der Waals surface area (Å²) in [5.74, 6) is 0.899. The van der Waals surface area contributed by atoms with Crippen molar-refractivity contribution in [3.05, 3.63) is 0 Å². The lowest BCUT2D eigenvalue weighted by atomic mass is 9.79. The summed E-state index contributed by atoms with van der Waals surface area (Å²) in [5, 5.41) is 3.06. The van der Waals surface area contributed by atoms with Gasteiger partial charge in [-0.25, -0.2) is 0 Å². The standard InChI is InChI=1S/C14H29N3O/c1-11-10-12(6-7-13(11)15)14(18)16-8-4-5-9-17(2)3/h11-13H,4-10,15H2,1-3H3,(H,16,18). The number of unbranched alkanes of at least 4 members (excludes halogenated alkanes) is 1. The molecule has 3 N–H and O–H groups in total. The average Bonchev–Trinajstić information content (AvgIpc) is 2.31. The van der Waals surface area contributed by atoms with Gasteiger partial charge in [-0.3, -0.25) is 4.79 Å². The zero-order chi connectivity index (χ0) is 13.5. The predicted molar refractivity (Wildman–Crippen MR) is 75.3 cm³/mol.